The van der Waals surface area contributed by atoms with Gasteiger partial charge in [0.25, 0.3) is 0 Å². The minimum absolute atomic E-state index is 0.0000712. The van der Waals surface area contributed by atoms with Gasteiger partial charge in [0.05, 0.1) is 33.9 Å². The molecule has 1 aliphatic rings. The zero-order valence-corrected chi connectivity index (χ0v) is 24.2. The highest BCUT2D eigenvalue weighted by Crippen LogP contribution is 2.41. The lowest BCUT2D eigenvalue weighted by atomic mass is 9.85. The van der Waals surface area contributed by atoms with Crippen LogP contribution < -0.4 is 23.7 Å². The number of cyclic esters (lactones) is 1. The van der Waals surface area contributed by atoms with E-state index in [9.17, 15) is 4.79 Å². The summed E-state index contributed by atoms with van der Waals surface area (Å²) >= 11 is 0. The summed E-state index contributed by atoms with van der Waals surface area (Å²) in [4.78, 5) is 12.9. The molecule has 4 aromatic carbocycles. The fourth-order valence-electron chi connectivity index (χ4n) is 5.25. The molecule has 218 valence electrons. The van der Waals surface area contributed by atoms with Crippen LogP contribution in [0.3, 0.4) is 0 Å². The molecule has 1 fully saturated rings. The van der Waals surface area contributed by atoms with Crippen LogP contribution in [0.5, 0.6) is 28.7 Å². The lowest BCUT2D eigenvalue weighted by Gasteiger charge is -2.19. The third-order valence-corrected chi connectivity index (χ3v) is 7.47. The lowest BCUT2D eigenvalue weighted by molar-refractivity contribution is -0.141. The molecule has 7 nitrogen and oxygen atoms in total. The predicted octanol–water partition coefficient (Wildman–Crippen LogP) is 6.44. The summed E-state index contributed by atoms with van der Waals surface area (Å²) in [7, 11) is 4.81. The molecule has 0 N–H and O–H groups in total. The van der Waals surface area contributed by atoms with E-state index in [2.05, 4.69) is 0 Å². The van der Waals surface area contributed by atoms with Gasteiger partial charge in [0.1, 0.15) is 13.2 Å². The van der Waals surface area contributed by atoms with Crippen LogP contribution in [0.1, 0.15) is 22.3 Å². The first kappa shape index (κ1) is 28.9. The van der Waals surface area contributed by atoms with Crippen LogP contribution in [-0.2, 0) is 35.6 Å². The number of benzene rings is 4. The summed E-state index contributed by atoms with van der Waals surface area (Å²) in [6.07, 6.45) is 1.15. The number of hydrogen-bond acceptors (Lipinski definition) is 7. The van der Waals surface area contributed by atoms with E-state index in [-0.39, 0.29) is 17.8 Å². The normalized spacial score (nSPS) is 16.0. The van der Waals surface area contributed by atoms with E-state index in [0.717, 1.165) is 22.3 Å². The Labute approximate surface area is 246 Å². The highest BCUT2D eigenvalue weighted by Gasteiger charge is 2.37. The van der Waals surface area contributed by atoms with Gasteiger partial charge in [-0.15, -0.1) is 0 Å². The van der Waals surface area contributed by atoms with Crippen molar-refractivity contribution in [1.82, 2.24) is 0 Å². The Morgan fingerprint density at radius 1 is 0.619 bits per heavy atom. The highest BCUT2D eigenvalue weighted by atomic mass is 16.5. The molecular weight excluding hydrogens is 532 g/mol. The second kappa shape index (κ2) is 13.8. The van der Waals surface area contributed by atoms with E-state index >= 15 is 0 Å². The third kappa shape index (κ3) is 6.97. The molecular formula is C35H36O7. The summed E-state index contributed by atoms with van der Waals surface area (Å²) in [5.74, 6) is 2.45. The van der Waals surface area contributed by atoms with Gasteiger partial charge >= 0.3 is 5.97 Å². The van der Waals surface area contributed by atoms with Gasteiger partial charge < -0.3 is 28.4 Å². The number of ether oxygens (including phenoxy) is 6. The first-order chi connectivity index (χ1) is 20.6. The molecule has 0 aromatic heterocycles. The van der Waals surface area contributed by atoms with E-state index in [1.807, 2.05) is 91.0 Å². The summed E-state index contributed by atoms with van der Waals surface area (Å²) in [6.45, 7) is 1.19. The van der Waals surface area contributed by atoms with Crippen LogP contribution in [0.25, 0.3) is 0 Å². The molecule has 1 saturated heterocycles. The number of carbonyl (C=O) groups excluding carboxylic acids is 1. The Bertz CT molecular complexity index is 1470. The molecule has 2 unspecified atom stereocenters. The van der Waals surface area contributed by atoms with Crippen molar-refractivity contribution < 1.29 is 33.2 Å². The molecule has 0 aliphatic carbocycles. The molecule has 1 aliphatic heterocycles. The van der Waals surface area contributed by atoms with E-state index in [4.69, 9.17) is 28.4 Å². The van der Waals surface area contributed by atoms with Crippen molar-refractivity contribution >= 4 is 5.97 Å². The molecule has 0 amide bonds. The summed E-state index contributed by atoms with van der Waals surface area (Å²) in [5, 5.41) is 0. The Balaban J connectivity index is 1.30. The lowest BCUT2D eigenvalue weighted by Crippen LogP contribution is -2.21. The van der Waals surface area contributed by atoms with Crippen LogP contribution in [0.4, 0.5) is 0 Å². The van der Waals surface area contributed by atoms with Crippen LogP contribution in [0, 0.1) is 11.8 Å². The van der Waals surface area contributed by atoms with Crippen molar-refractivity contribution in [1.29, 1.82) is 0 Å². The second-order valence-corrected chi connectivity index (χ2v) is 10.3. The summed E-state index contributed by atoms with van der Waals surface area (Å²) in [6, 6.07) is 29.7. The van der Waals surface area contributed by atoms with Crippen molar-refractivity contribution in [2.45, 2.75) is 26.1 Å². The molecule has 5 rings (SSSR count). The van der Waals surface area contributed by atoms with Crippen LogP contribution in [0.2, 0.25) is 0 Å². The minimum Gasteiger partial charge on any atom is -0.493 e. The average molecular weight is 569 g/mol. The maximum atomic E-state index is 12.9. The van der Waals surface area contributed by atoms with Gasteiger partial charge in [-0.2, -0.15) is 0 Å². The highest BCUT2D eigenvalue weighted by molar-refractivity contribution is 5.75. The maximum Gasteiger partial charge on any atom is 0.309 e. The smallest absolute Gasteiger partial charge is 0.309 e. The molecule has 4 aromatic rings. The number of rotatable bonds is 13. The Hall–Kier alpha value is -4.65. The standard InChI is InChI=1S/C35H36O7/c1-37-31-18-26(14-15-30(31)40-21-24-10-6-4-7-11-24)16-28-23-42-35(36)29(28)17-27-19-32(38-2)34(39-3)33(20-27)41-22-25-12-8-5-9-13-25/h4-15,18-20,28-29H,16-17,21-23H2,1-3H3. The monoisotopic (exact) mass is 568 g/mol. The molecule has 0 spiro atoms. The van der Waals surface area contributed by atoms with E-state index < -0.39 is 0 Å². The molecule has 0 radical (unpaired) electrons. The minimum atomic E-state index is -0.315. The zero-order chi connectivity index (χ0) is 29.3. The van der Waals surface area contributed by atoms with Crippen molar-refractivity contribution in [2.75, 3.05) is 27.9 Å². The molecule has 7 heteroatoms. The van der Waals surface area contributed by atoms with Gasteiger partial charge in [-0.3, -0.25) is 4.79 Å². The van der Waals surface area contributed by atoms with E-state index in [1.54, 1.807) is 21.3 Å². The molecule has 0 saturated carbocycles. The summed E-state index contributed by atoms with van der Waals surface area (Å²) < 4.78 is 34.6. The van der Waals surface area contributed by atoms with Gasteiger partial charge in [0.15, 0.2) is 23.0 Å². The van der Waals surface area contributed by atoms with Crippen molar-refractivity contribution in [3.63, 3.8) is 0 Å². The molecule has 0 bridgehead atoms. The Kier molecular flexibility index (Phi) is 9.49. The van der Waals surface area contributed by atoms with Gasteiger partial charge in [-0.1, -0.05) is 66.7 Å². The van der Waals surface area contributed by atoms with Gasteiger partial charge in [0.2, 0.25) is 5.75 Å². The SMILES string of the molecule is COc1cc(CC2COC(=O)C2Cc2cc(OC)c(OC)c(OCc3ccccc3)c2)ccc1OCc1ccccc1. The van der Waals surface area contributed by atoms with Gasteiger partial charge in [-0.05, 0) is 59.4 Å². The maximum absolute atomic E-state index is 12.9. The topological polar surface area (TPSA) is 72.5 Å². The van der Waals surface area contributed by atoms with Crippen molar-refractivity contribution in [2.24, 2.45) is 11.8 Å². The quantitative estimate of drug-likeness (QED) is 0.172. The Morgan fingerprint density at radius 3 is 1.83 bits per heavy atom. The fourth-order valence-corrected chi connectivity index (χ4v) is 5.25. The van der Waals surface area contributed by atoms with Gasteiger partial charge in [-0.25, -0.2) is 0 Å². The molecule has 2 atom stereocenters. The molecule has 42 heavy (non-hydrogen) atoms. The van der Waals surface area contributed by atoms with E-state index in [1.165, 1.54) is 0 Å². The van der Waals surface area contributed by atoms with Crippen LogP contribution in [0.15, 0.2) is 91.0 Å². The Morgan fingerprint density at radius 2 is 1.21 bits per heavy atom. The number of esters is 1. The van der Waals surface area contributed by atoms with Crippen LogP contribution in [-0.4, -0.2) is 33.9 Å². The first-order valence-corrected chi connectivity index (χ1v) is 14.0. The number of carbonyl (C=O) groups is 1. The fraction of sp³-hybridized carbons (Fsp3) is 0.286. The predicted molar refractivity (Wildman–Crippen MR) is 159 cm³/mol. The zero-order valence-electron chi connectivity index (χ0n) is 24.2. The van der Waals surface area contributed by atoms with Crippen LogP contribution >= 0.6 is 0 Å². The largest absolute Gasteiger partial charge is 0.493 e. The summed E-state index contributed by atoms with van der Waals surface area (Å²) in [5.41, 5.74) is 4.07. The van der Waals surface area contributed by atoms with E-state index in [0.29, 0.717) is 61.4 Å². The molecule has 1 heterocycles. The number of hydrogen-bond donors (Lipinski definition) is 0. The van der Waals surface area contributed by atoms with Gasteiger partial charge in [0, 0.05) is 5.92 Å². The first-order valence-electron chi connectivity index (χ1n) is 14.0. The number of methoxy groups -OCH3 is 3. The van der Waals surface area contributed by atoms with Crippen molar-refractivity contribution in [3.8, 4) is 28.7 Å². The average Bonchev–Trinajstić information content (AvgIpc) is 3.37. The third-order valence-electron chi connectivity index (χ3n) is 7.47. The second-order valence-electron chi connectivity index (χ2n) is 10.3. The van der Waals surface area contributed by atoms with Crippen molar-refractivity contribution in [3.05, 3.63) is 113 Å².